The van der Waals surface area contributed by atoms with Crippen LogP contribution >= 0.6 is 7.82 Å². The summed E-state index contributed by atoms with van der Waals surface area (Å²) in [6.07, 6.45) is 4.34. The Bertz CT molecular complexity index is 1310. The van der Waals surface area contributed by atoms with E-state index in [1.165, 1.54) is 29.3 Å². The summed E-state index contributed by atoms with van der Waals surface area (Å²) in [5.74, 6) is -0.539. The Morgan fingerprint density at radius 2 is 2.03 bits per heavy atom. The van der Waals surface area contributed by atoms with Gasteiger partial charge in [-0.15, -0.1) is 0 Å². The van der Waals surface area contributed by atoms with E-state index in [9.17, 15) is 8.96 Å². The Kier molecular flexibility index (Phi) is 4.79. The lowest BCUT2D eigenvalue weighted by molar-refractivity contribution is 0.145. The first kappa shape index (κ1) is 20.0. The fourth-order valence-corrected chi connectivity index (χ4v) is 3.23. The monoisotopic (exact) mass is 434 g/mol. The second-order valence-corrected chi connectivity index (χ2v) is 7.74. The van der Waals surface area contributed by atoms with E-state index in [2.05, 4.69) is 19.8 Å². The Balaban J connectivity index is 1.81. The van der Waals surface area contributed by atoms with E-state index >= 15 is 0 Å². The molecule has 3 heterocycles. The van der Waals surface area contributed by atoms with Crippen LogP contribution in [0.5, 0.6) is 0 Å². The maximum Gasteiger partial charge on any atom is 0.471 e. The van der Waals surface area contributed by atoms with E-state index in [1.54, 1.807) is 13.0 Å². The SMILES string of the molecule is Cc1cc(-c2ncc(-c3cnn(COP(=O)(O)O)c3)c3onc(N)c23)c(F)cc1N. The molecule has 3 aromatic heterocycles. The largest absolute Gasteiger partial charge is 0.471 e. The van der Waals surface area contributed by atoms with Crippen molar-refractivity contribution in [1.82, 2.24) is 19.9 Å². The Morgan fingerprint density at radius 3 is 2.77 bits per heavy atom. The summed E-state index contributed by atoms with van der Waals surface area (Å²) in [4.78, 5) is 22.0. The minimum atomic E-state index is -4.65. The topological polar surface area (TPSA) is 176 Å². The second-order valence-electron chi connectivity index (χ2n) is 6.50. The molecule has 0 spiro atoms. The van der Waals surface area contributed by atoms with Crippen molar-refractivity contribution in [2.75, 3.05) is 11.5 Å². The average molecular weight is 434 g/mol. The van der Waals surface area contributed by atoms with Gasteiger partial charge in [0.1, 0.15) is 5.82 Å². The quantitative estimate of drug-likeness (QED) is 0.269. The molecule has 156 valence electrons. The van der Waals surface area contributed by atoms with Crippen LogP contribution in [0.3, 0.4) is 0 Å². The zero-order valence-electron chi connectivity index (χ0n) is 15.5. The fraction of sp³-hybridized carbons (Fsp3) is 0.118. The summed E-state index contributed by atoms with van der Waals surface area (Å²) < 4.78 is 36.4. The third-order valence-corrected chi connectivity index (χ3v) is 4.89. The van der Waals surface area contributed by atoms with Crippen LogP contribution in [-0.2, 0) is 15.8 Å². The lowest BCUT2D eigenvalue weighted by atomic mass is 10.0. The molecule has 0 fully saturated rings. The Hall–Kier alpha value is -3.31. The second kappa shape index (κ2) is 7.18. The van der Waals surface area contributed by atoms with Gasteiger partial charge in [0.05, 0.1) is 17.3 Å². The average Bonchev–Trinajstić information content (AvgIpc) is 3.29. The highest BCUT2D eigenvalue weighted by Crippen LogP contribution is 2.39. The van der Waals surface area contributed by atoms with Crippen molar-refractivity contribution in [2.24, 2.45) is 0 Å². The van der Waals surface area contributed by atoms with Crippen LogP contribution in [0.4, 0.5) is 15.9 Å². The zero-order chi connectivity index (χ0) is 21.6. The summed E-state index contributed by atoms with van der Waals surface area (Å²) >= 11 is 0. The molecule has 0 unspecified atom stereocenters. The number of nitrogen functional groups attached to an aromatic ring is 2. The van der Waals surface area contributed by atoms with Gasteiger partial charge in [-0.2, -0.15) is 5.10 Å². The van der Waals surface area contributed by atoms with Crippen molar-refractivity contribution in [1.29, 1.82) is 0 Å². The molecule has 0 saturated heterocycles. The van der Waals surface area contributed by atoms with Gasteiger partial charge >= 0.3 is 7.82 Å². The molecule has 13 heteroatoms. The first-order valence-corrected chi connectivity index (χ1v) is 10.00. The van der Waals surface area contributed by atoms with Crippen LogP contribution in [0.1, 0.15) is 5.56 Å². The standard InChI is InChI=1S/C17H16FN6O5P/c1-8-2-10(12(18)3-13(8)19)15-14-16(29-23-17(14)20)11(5-21-15)9-4-22-24(6-9)7-28-30(25,26)27/h2-6H,7,19H2,1H3,(H2,20,23)(H2,25,26,27). The van der Waals surface area contributed by atoms with E-state index in [1.807, 2.05) is 0 Å². The molecule has 0 radical (unpaired) electrons. The highest BCUT2D eigenvalue weighted by atomic mass is 31.2. The molecule has 0 aliphatic heterocycles. The predicted molar refractivity (Wildman–Crippen MR) is 105 cm³/mol. The minimum Gasteiger partial charge on any atom is -0.398 e. The number of nitrogens with two attached hydrogens (primary N) is 2. The molecular formula is C17H16FN6O5P. The maximum absolute atomic E-state index is 14.6. The van der Waals surface area contributed by atoms with Gasteiger partial charge in [-0.3, -0.25) is 9.51 Å². The summed E-state index contributed by atoms with van der Waals surface area (Å²) in [5, 5.41) is 8.07. The molecule has 4 rings (SSSR count). The van der Waals surface area contributed by atoms with E-state index in [0.717, 1.165) is 0 Å². The Morgan fingerprint density at radius 1 is 1.27 bits per heavy atom. The van der Waals surface area contributed by atoms with Crippen LogP contribution in [0.25, 0.3) is 33.4 Å². The summed E-state index contributed by atoms with van der Waals surface area (Å²) in [6.45, 7) is 1.28. The molecule has 0 aliphatic rings. The van der Waals surface area contributed by atoms with Crippen LogP contribution in [0.2, 0.25) is 0 Å². The van der Waals surface area contributed by atoms with Crippen molar-refractivity contribution in [2.45, 2.75) is 13.7 Å². The molecule has 0 aliphatic carbocycles. The molecular weight excluding hydrogens is 418 g/mol. The molecule has 0 atom stereocenters. The molecule has 30 heavy (non-hydrogen) atoms. The number of phosphoric acid groups is 1. The van der Waals surface area contributed by atoms with Gasteiger partial charge in [-0.25, -0.2) is 13.6 Å². The number of hydrogen-bond acceptors (Lipinski definition) is 8. The lowest BCUT2D eigenvalue weighted by Crippen LogP contribution is -2.01. The number of nitrogens with zero attached hydrogens (tertiary/aromatic N) is 4. The maximum atomic E-state index is 14.6. The van der Waals surface area contributed by atoms with Gasteiger partial charge in [0.25, 0.3) is 0 Å². The van der Waals surface area contributed by atoms with Crippen LogP contribution in [0.15, 0.2) is 35.2 Å². The summed E-state index contributed by atoms with van der Waals surface area (Å²) in [5.41, 5.74) is 14.3. The lowest BCUT2D eigenvalue weighted by Gasteiger charge is -2.09. The first-order valence-electron chi connectivity index (χ1n) is 8.47. The Labute approximate surface area is 168 Å². The number of hydrogen-bond donors (Lipinski definition) is 4. The number of aromatic nitrogens is 4. The third kappa shape index (κ3) is 3.64. The predicted octanol–water partition coefficient (Wildman–Crippen LogP) is 2.43. The van der Waals surface area contributed by atoms with Gasteiger partial charge in [-0.1, -0.05) is 5.16 Å². The van der Waals surface area contributed by atoms with E-state index in [-0.39, 0.29) is 22.7 Å². The molecule has 6 N–H and O–H groups in total. The molecule has 0 amide bonds. The van der Waals surface area contributed by atoms with Crippen molar-refractivity contribution in [3.63, 3.8) is 0 Å². The van der Waals surface area contributed by atoms with E-state index in [0.29, 0.717) is 27.8 Å². The highest BCUT2D eigenvalue weighted by molar-refractivity contribution is 7.46. The number of rotatable bonds is 5. The zero-order valence-corrected chi connectivity index (χ0v) is 16.4. The molecule has 1 aromatic carbocycles. The molecule has 0 bridgehead atoms. The summed E-state index contributed by atoms with van der Waals surface area (Å²) in [6, 6.07) is 2.77. The number of aryl methyl sites for hydroxylation is 1. The smallest absolute Gasteiger partial charge is 0.398 e. The number of pyridine rings is 1. The highest BCUT2D eigenvalue weighted by Gasteiger charge is 2.22. The van der Waals surface area contributed by atoms with Crippen molar-refractivity contribution in [3.05, 3.63) is 42.1 Å². The van der Waals surface area contributed by atoms with Crippen molar-refractivity contribution in [3.8, 4) is 22.4 Å². The number of benzene rings is 1. The molecule has 11 nitrogen and oxygen atoms in total. The van der Waals surface area contributed by atoms with Gasteiger partial charge < -0.3 is 25.8 Å². The van der Waals surface area contributed by atoms with Crippen LogP contribution < -0.4 is 11.5 Å². The number of halogens is 1. The third-order valence-electron chi connectivity index (χ3n) is 4.44. The fourth-order valence-electron chi connectivity index (χ4n) is 2.96. The molecule has 4 aromatic rings. The van der Waals surface area contributed by atoms with E-state index < -0.39 is 20.4 Å². The molecule has 0 saturated carbocycles. The van der Waals surface area contributed by atoms with Gasteiger partial charge in [0.15, 0.2) is 18.1 Å². The van der Waals surface area contributed by atoms with Gasteiger partial charge in [0.2, 0.25) is 0 Å². The number of fused-ring (bicyclic) bond motifs is 1. The van der Waals surface area contributed by atoms with Crippen molar-refractivity contribution >= 4 is 30.3 Å². The van der Waals surface area contributed by atoms with E-state index in [4.69, 9.17) is 25.8 Å². The number of phosphoric ester groups is 1. The normalized spacial score (nSPS) is 12.0. The van der Waals surface area contributed by atoms with Crippen molar-refractivity contribution < 1.29 is 27.8 Å². The van der Waals surface area contributed by atoms with Crippen LogP contribution in [-0.4, -0.2) is 29.7 Å². The summed E-state index contributed by atoms with van der Waals surface area (Å²) in [7, 11) is -4.65. The minimum absolute atomic E-state index is 0.0282. The van der Waals surface area contributed by atoms with Crippen LogP contribution in [0, 0.1) is 12.7 Å². The van der Waals surface area contributed by atoms with Gasteiger partial charge in [0, 0.05) is 34.8 Å². The first-order chi connectivity index (χ1) is 14.1. The van der Waals surface area contributed by atoms with Gasteiger partial charge in [-0.05, 0) is 24.6 Å². The number of anilines is 2.